The number of carbonyl (C=O) groups excluding carboxylic acids is 1. The second-order valence-corrected chi connectivity index (χ2v) is 12.0. The summed E-state index contributed by atoms with van der Waals surface area (Å²) in [6.07, 6.45) is 9.36. The molecule has 0 amide bonds. The van der Waals surface area contributed by atoms with Crippen LogP contribution >= 0.6 is 0 Å². The van der Waals surface area contributed by atoms with E-state index in [-0.39, 0.29) is 16.7 Å². The van der Waals surface area contributed by atoms with Gasteiger partial charge >= 0.3 is 5.97 Å². The van der Waals surface area contributed by atoms with Gasteiger partial charge in [-0.3, -0.25) is 4.79 Å². The Kier molecular flexibility index (Phi) is 5.26. The van der Waals surface area contributed by atoms with Crippen LogP contribution in [0.3, 0.4) is 0 Å². The van der Waals surface area contributed by atoms with Gasteiger partial charge in [0.15, 0.2) is 0 Å². The fourth-order valence-electron chi connectivity index (χ4n) is 9.11. The van der Waals surface area contributed by atoms with Gasteiger partial charge in [0.05, 0.1) is 6.10 Å². The van der Waals surface area contributed by atoms with Crippen LogP contribution in [0.5, 0.6) is 0 Å². The minimum absolute atomic E-state index is 0.0739. The lowest BCUT2D eigenvalue weighted by atomic mass is 9.35. The molecule has 30 heavy (non-hydrogen) atoms. The van der Waals surface area contributed by atoms with Gasteiger partial charge in [0.1, 0.15) is 11.9 Å². The molecule has 9 atom stereocenters. The molecule has 0 heterocycles. The van der Waals surface area contributed by atoms with Gasteiger partial charge in [0.2, 0.25) is 0 Å². The van der Waals surface area contributed by atoms with Crippen molar-refractivity contribution in [1.82, 2.24) is 0 Å². The molecule has 4 heteroatoms. The summed E-state index contributed by atoms with van der Waals surface area (Å²) < 4.78 is 5.34. The molecular weight excluding hydrogens is 376 g/mol. The molecule has 3 saturated carbocycles. The Hall–Kier alpha value is -0.870. The molecule has 0 radical (unpaired) electrons. The molecule has 170 valence electrons. The fraction of sp³-hybridized carbons (Fsp3) is 0.885. The number of rotatable bonds is 2. The summed E-state index contributed by atoms with van der Waals surface area (Å²) in [4.78, 5) is 11.5. The van der Waals surface area contributed by atoms with Gasteiger partial charge in [0.25, 0.3) is 0 Å². The number of hydrogen-bond acceptors (Lipinski definition) is 4. The third-order valence-electron chi connectivity index (χ3n) is 10.9. The lowest BCUT2D eigenvalue weighted by Crippen LogP contribution is -2.67. The molecule has 0 aliphatic heterocycles. The molecule has 0 aromatic carbocycles. The highest BCUT2D eigenvalue weighted by Crippen LogP contribution is 2.72. The minimum atomic E-state index is -0.939. The lowest BCUT2D eigenvalue weighted by molar-refractivity contribution is -0.246. The van der Waals surface area contributed by atoms with Crippen molar-refractivity contribution in [2.75, 3.05) is 0 Å². The first-order valence-corrected chi connectivity index (χ1v) is 12.2. The first-order chi connectivity index (χ1) is 13.9. The quantitative estimate of drug-likeness (QED) is 0.603. The standard InChI is InChI=1S/C26H42O4/c1-7-23(3)12-8-13-24(4)18(23)11-14-25(5)19-10-9-17(30-16(2)27)22(29)26(19,6)21(28)15-20(24)25/h9,18-22,28-29H,7-8,10-15H2,1-6H3/t18-,19-,20+,21-,22-,23-,24-,25-,26+/m0/s1. The third-order valence-corrected chi connectivity index (χ3v) is 10.9. The molecule has 0 aromatic heterocycles. The summed E-state index contributed by atoms with van der Waals surface area (Å²) in [5.41, 5.74) is 0.0266. The smallest absolute Gasteiger partial charge is 0.307 e. The molecule has 4 rings (SSSR count). The molecule has 4 aliphatic carbocycles. The number of allylic oxidation sites excluding steroid dienone is 1. The van der Waals surface area contributed by atoms with E-state index < -0.39 is 23.6 Å². The van der Waals surface area contributed by atoms with Crippen LogP contribution in [-0.2, 0) is 9.53 Å². The number of carbonyl (C=O) groups is 1. The monoisotopic (exact) mass is 418 g/mol. The molecule has 0 aromatic rings. The molecule has 0 saturated heterocycles. The first kappa shape index (κ1) is 22.3. The van der Waals surface area contributed by atoms with Gasteiger partial charge in [-0.1, -0.05) is 47.5 Å². The SMILES string of the molecule is CC[C@@]1(C)CCC[C@]2(C)[C@H]3C[C@H](O)[C@]4(C)[C@@H](O)C(OC(C)=O)=CC[C@H]4[C@]3(C)CC[C@@H]12. The van der Waals surface area contributed by atoms with Crippen molar-refractivity contribution in [3.05, 3.63) is 11.8 Å². The number of aliphatic hydroxyl groups excluding tert-OH is 2. The van der Waals surface area contributed by atoms with Crippen molar-refractivity contribution in [3.8, 4) is 0 Å². The molecule has 3 fully saturated rings. The van der Waals surface area contributed by atoms with E-state index in [0.717, 1.165) is 19.3 Å². The van der Waals surface area contributed by atoms with Crippen molar-refractivity contribution < 1.29 is 19.7 Å². The Morgan fingerprint density at radius 2 is 1.73 bits per heavy atom. The highest BCUT2D eigenvalue weighted by atomic mass is 16.5. The van der Waals surface area contributed by atoms with Crippen LogP contribution in [0.2, 0.25) is 0 Å². The average Bonchev–Trinajstić information content (AvgIpc) is 2.67. The van der Waals surface area contributed by atoms with Gasteiger partial charge in [-0.25, -0.2) is 0 Å². The normalized spacial score (nSPS) is 53.1. The van der Waals surface area contributed by atoms with E-state index in [0.29, 0.717) is 23.0 Å². The number of aliphatic hydroxyl groups is 2. The first-order valence-electron chi connectivity index (χ1n) is 12.2. The summed E-state index contributed by atoms with van der Waals surface area (Å²) in [5, 5.41) is 22.8. The number of hydrogen-bond donors (Lipinski definition) is 2. The molecule has 2 N–H and O–H groups in total. The maximum atomic E-state index is 11.5. The maximum Gasteiger partial charge on any atom is 0.307 e. The molecule has 4 nitrogen and oxygen atoms in total. The summed E-state index contributed by atoms with van der Waals surface area (Å²) in [7, 11) is 0. The highest BCUT2D eigenvalue weighted by molar-refractivity contribution is 5.67. The van der Waals surface area contributed by atoms with E-state index in [1.54, 1.807) is 0 Å². The summed E-state index contributed by atoms with van der Waals surface area (Å²) in [5.74, 6) is 1.27. The van der Waals surface area contributed by atoms with Gasteiger partial charge < -0.3 is 14.9 Å². The van der Waals surface area contributed by atoms with Crippen LogP contribution in [0.4, 0.5) is 0 Å². The Morgan fingerprint density at radius 3 is 2.37 bits per heavy atom. The van der Waals surface area contributed by atoms with E-state index in [1.165, 1.54) is 39.0 Å². The number of ether oxygens (including phenoxy) is 1. The van der Waals surface area contributed by atoms with Gasteiger partial charge in [-0.2, -0.15) is 0 Å². The molecular formula is C26H42O4. The zero-order chi connectivity index (χ0) is 22.1. The van der Waals surface area contributed by atoms with E-state index in [9.17, 15) is 15.0 Å². The Bertz CT molecular complexity index is 745. The number of fused-ring (bicyclic) bond motifs is 5. The van der Waals surface area contributed by atoms with Crippen molar-refractivity contribution in [1.29, 1.82) is 0 Å². The van der Waals surface area contributed by atoms with Crippen molar-refractivity contribution in [2.45, 2.75) is 105 Å². The summed E-state index contributed by atoms with van der Waals surface area (Å²) in [6, 6.07) is 0. The Balaban J connectivity index is 1.75. The van der Waals surface area contributed by atoms with Crippen molar-refractivity contribution >= 4 is 5.97 Å². The molecule has 4 aliphatic rings. The van der Waals surface area contributed by atoms with E-state index in [1.807, 2.05) is 13.0 Å². The predicted octanol–water partition coefficient (Wildman–Crippen LogP) is 5.22. The second kappa shape index (κ2) is 7.07. The van der Waals surface area contributed by atoms with Gasteiger partial charge in [0, 0.05) is 12.3 Å². The molecule has 0 spiro atoms. The lowest BCUT2D eigenvalue weighted by Gasteiger charge is -2.70. The zero-order valence-corrected chi connectivity index (χ0v) is 19.8. The van der Waals surface area contributed by atoms with E-state index in [2.05, 4.69) is 27.7 Å². The van der Waals surface area contributed by atoms with Gasteiger partial charge in [-0.05, 0) is 78.6 Å². The zero-order valence-electron chi connectivity index (χ0n) is 19.8. The topological polar surface area (TPSA) is 66.8 Å². The Labute approximate surface area is 182 Å². The largest absolute Gasteiger partial charge is 0.429 e. The summed E-state index contributed by atoms with van der Waals surface area (Å²) in [6.45, 7) is 13.2. The van der Waals surface area contributed by atoms with Crippen LogP contribution in [-0.4, -0.2) is 28.4 Å². The van der Waals surface area contributed by atoms with Crippen LogP contribution in [0, 0.1) is 39.4 Å². The van der Waals surface area contributed by atoms with E-state index >= 15 is 0 Å². The maximum absolute atomic E-state index is 11.5. The van der Waals surface area contributed by atoms with Crippen LogP contribution in [0.25, 0.3) is 0 Å². The van der Waals surface area contributed by atoms with Gasteiger partial charge in [-0.15, -0.1) is 0 Å². The highest BCUT2D eigenvalue weighted by Gasteiger charge is 2.68. The van der Waals surface area contributed by atoms with Crippen LogP contribution in [0.15, 0.2) is 11.8 Å². The second-order valence-electron chi connectivity index (χ2n) is 12.0. The summed E-state index contributed by atoms with van der Waals surface area (Å²) >= 11 is 0. The molecule has 0 unspecified atom stereocenters. The van der Waals surface area contributed by atoms with Crippen molar-refractivity contribution in [3.63, 3.8) is 0 Å². The molecule has 0 bridgehead atoms. The fourth-order valence-corrected chi connectivity index (χ4v) is 9.11. The predicted molar refractivity (Wildman–Crippen MR) is 117 cm³/mol. The van der Waals surface area contributed by atoms with Crippen LogP contribution in [0.1, 0.15) is 92.9 Å². The average molecular weight is 419 g/mol. The van der Waals surface area contributed by atoms with E-state index in [4.69, 9.17) is 4.74 Å². The van der Waals surface area contributed by atoms with Crippen molar-refractivity contribution in [2.24, 2.45) is 39.4 Å². The van der Waals surface area contributed by atoms with Crippen LogP contribution < -0.4 is 0 Å². The Morgan fingerprint density at radius 1 is 1.07 bits per heavy atom. The third kappa shape index (κ3) is 2.81. The minimum Gasteiger partial charge on any atom is -0.429 e. The number of esters is 1.